The number of nitrogens with zero attached hydrogens (tertiary/aromatic N) is 1. The second-order valence-electron chi connectivity index (χ2n) is 6.11. The average molecular weight is 222 g/mol. The van der Waals surface area contributed by atoms with E-state index in [4.69, 9.17) is 0 Å². The maximum Gasteiger partial charge on any atom is 0.228 e. The third-order valence-corrected chi connectivity index (χ3v) is 4.82. The zero-order valence-electron chi connectivity index (χ0n) is 10.2. The Bertz CT molecular complexity index is 284. The molecule has 2 saturated heterocycles. The monoisotopic (exact) mass is 222 g/mol. The molecule has 0 bridgehead atoms. The van der Waals surface area contributed by atoms with Crippen molar-refractivity contribution in [3.05, 3.63) is 0 Å². The highest BCUT2D eigenvalue weighted by Crippen LogP contribution is 2.47. The maximum absolute atomic E-state index is 12.3. The number of hydrogen-bond donors (Lipinski definition) is 1. The molecule has 3 fully saturated rings. The molecule has 0 aromatic heterocycles. The zero-order chi connectivity index (χ0) is 11.2. The van der Waals surface area contributed by atoms with Gasteiger partial charge in [-0.1, -0.05) is 6.92 Å². The first-order chi connectivity index (χ1) is 7.69. The fraction of sp³-hybridized carbons (Fsp3) is 0.923. The molecule has 1 amide bonds. The highest BCUT2D eigenvalue weighted by Gasteiger charge is 2.47. The lowest BCUT2D eigenvalue weighted by Gasteiger charge is -2.24. The number of hydrogen-bond acceptors (Lipinski definition) is 2. The van der Waals surface area contributed by atoms with Gasteiger partial charge in [-0.3, -0.25) is 4.79 Å². The van der Waals surface area contributed by atoms with Crippen molar-refractivity contribution in [2.75, 3.05) is 26.2 Å². The molecule has 0 aromatic carbocycles. The second kappa shape index (κ2) is 3.73. The number of nitrogens with one attached hydrogen (secondary N) is 1. The summed E-state index contributed by atoms with van der Waals surface area (Å²) in [6.07, 6.45) is 4.63. The summed E-state index contributed by atoms with van der Waals surface area (Å²) < 4.78 is 0. The molecule has 0 unspecified atom stereocenters. The van der Waals surface area contributed by atoms with Crippen LogP contribution in [0.1, 0.15) is 32.6 Å². The van der Waals surface area contributed by atoms with Crippen LogP contribution in [0.4, 0.5) is 0 Å². The Labute approximate surface area is 97.6 Å². The summed E-state index contributed by atoms with van der Waals surface area (Å²) in [7, 11) is 0. The van der Waals surface area contributed by atoms with Crippen LogP contribution < -0.4 is 5.32 Å². The molecular formula is C13H22N2O. The molecule has 3 heteroatoms. The van der Waals surface area contributed by atoms with Crippen molar-refractivity contribution in [2.45, 2.75) is 32.6 Å². The minimum absolute atomic E-state index is 0.0255. The first kappa shape index (κ1) is 10.6. The van der Waals surface area contributed by atoms with E-state index in [1.807, 2.05) is 0 Å². The van der Waals surface area contributed by atoms with Crippen molar-refractivity contribution in [3.63, 3.8) is 0 Å². The van der Waals surface area contributed by atoms with Crippen LogP contribution in [0.5, 0.6) is 0 Å². The first-order valence-electron chi connectivity index (χ1n) is 6.69. The quantitative estimate of drug-likeness (QED) is 0.724. The molecular weight excluding hydrogens is 200 g/mol. The Morgan fingerprint density at radius 1 is 1.19 bits per heavy atom. The van der Waals surface area contributed by atoms with E-state index >= 15 is 0 Å². The molecule has 90 valence electrons. The van der Waals surface area contributed by atoms with E-state index in [1.165, 1.54) is 25.9 Å². The van der Waals surface area contributed by atoms with Crippen LogP contribution >= 0.6 is 0 Å². The van der Waals surface area contributed by atoms with Gasteiger partial charge in [0.05, 0.1) is 0 Å². The maximum atomic E-state index is 12.3. The topological polar surface area (TPSA) is 32.3 Å². The van der Waals surface area contributed by atoms with Crippen LogP contribution in [0.25, 0.3) is 0 Å². The number of likely N-dealkylation sites (tertiary alicyclic amines) is 1. The van der Waals surface area contributed by atoms with E-state index in [-0.39, 0.29) is 5.41 Å². The predicted octanol–water partition coefficient (Wildman–Crippen LogP) is 1.24. The molecule has 0 spiro atoms. The second-order valence-corrected chi connectivity index (χ2v) is 6.11. The molecule has 1 aliphatic carbocycles. The molecule has 1 saturated carbocycles. The Balaban J connectivity index is 1.64. The fourth-order valence-electron chi connectivity index (χ4n) is 3.20. The smallest absolute Gasteiger partial charge is 0.228 e. The van der Waals surface area contributed by atoms with E-state index in [2.05, 4.69) is 17.1 Å². The van der Waals surface area contributed by atoms with E-state index < -0.39 is 0 Å². The molecule has 0 aromatic rings. The number of fused-ring (bicyclic) bond motifs is 1. The van der Waals surface area contributed by atoms with Gasteiger partial charge in [-0.05, 0) is 50.6 Å². The lowest BCUT2D eigenvalue weighted by atomic mass is 9.92. The highest BCUT2D eigenvalue weighted by molar-refractivity contribution is 5.84. The van der Waals surface area contributed by atoms with Crippen molar-refractivity contribution >= 4 is 5.91 Å². The van der Waals surface area contributed by atoms with E-state index in [9.17, 15) is 4.79 Å². The number of rotatable bonds is 1. The van der Waals surface area contributed by atoms with E-state index in [1.54, 1.807) is 0 Å². The molecule has 2 aliphatic heterocycles. The minimum atomic E-state index is 0.0255. The summed E-state index contributed by atoms with van der Waals surface area (Å²) in [5, 5.41) is 3.48. The van der Waals surface area contributed by atoms with Gasteiger partial charge in [0.15, 0.2) is 0 Å². The van der Waals surface area contributed by atoms with Crippen molar-refractivity contribution in [1.82, 2.24) is 10.2 Å². The predicted molar refractivity (Wildman–Crippen MR) is 63.0 cm³/mol. The largest absolute Gasteiger partial charge is 0.342 e. The average Bonchev–Trinajstić information content (AvgIpc) is 2.94. The van der Waals surface area contributed by atoms with Gasteiger partial charge < -0.3 is 10.2 Å². The third-order valence-electron chi connectivity index (χ3n) is 4.82. The number of carbonyl (C=O) groups is 1. The molecule has 16 heavy (non-hydrogen) atoms. The SMILES string of the molecule is CC1(C(=O)N2CC[C@@H]3CNC[C@@H]3CC2)CC1. The standard InChI is InChI=1S/C13H22N2O/c1-13(4-5-13)12(16)15-6-2-10-8-14-9-11(10)3-7-15/h10-11,14H,2-9H2,1H3/t10-,11+. The Morgan fingerprint density at radius 2 is 1.75 bits per heavy atom. The van der Waals surface area contributed by atoms with Crippen molar-refractivity contribution in [1.29, 1.82) is 0 Å². The van der Waals surface area contributed by atoms with Gasteiger partial charge in [-0.15, -0.1) is 0 Å². The van der Waals surface area contributed by atoms with Crippen LogP contribution in [-0.2, 0) is 4.79 Å². The zero-order valence-corrected chi connectivity index (χ0v) is 10.2. The normalized spacial score (nSPS) is 36.7. The number of amides is 1. The lowest BCUT2D eigenvalue weighted by Crippen LogP contribution is -2.37. The van der Waals surface area contributed by atoms with Crippen LogP contribution in [0, 0.1) is 17.3 Å². The summed E-state index contributed by atoms with van der Waals surface area (Å²) in [5.74, 6) is 2.08. The molecule has 3 nitrogen and oxygen atoms in total. The summed E-state index contributed by atoms with van der Waals surface area (Å²) >= 11 is 0. The first-order valence-corrected chi connectivity index (χ1v) is 6.69. The van der Waals surface area contributed by atoms with Gasteiger partial charge in [-0.25, -0.2) is 0 Å². The van der Waals surface area contributed by atoms with Crippen LogP contribution in [0.3, 0.4) is 0 Å². The van der Waals surface area contributed by atoms with Crippen LogP contribution in [-0.4, -0.2) is 37.0 Å². The van der Waals surface area contributed by atoms with Gasteiger partial charge in [-0.2, -0.15) is 0 Å². The fourth-order valence-corrected chi connectivity index (χ4v) is 3.20. The van der Waals surface area contributed by atoms with Gasteiger partial charge in [0.2, 0.25) is 5.91 Å². The van der Waals surface area contributed by atoms with Gasteiger partial charge in [0.1, 0.15) is 0 Å². The van der Waals surface area contributed by atoms with Crippen molar-refractivity contribution < 1.29 is 4.79 Å². The summed E-state index contributed by atoms with van der Waals surface area (Å²) in [6, 6.07) is 0. The van der Waals surface area contributed by atoms with E-state index in [0.29, 0.717) is 5.91 Å². The lowest BCUT2D eigenvalue weighted by molar-refractivity contribution is -0.136. The Kier molecular flexibility index (Phi) is 2.46. The minimum Gasteiger partial charge on any atom is -0.342 e. The molecule has 2 atom stereocenters. The molecule has 3 aliphatic rings. The van der Waals surface area contributed by atoms with Crippen LogP contribution in [0.15, 0.2) is 0 Å². The van der Waals surface area contributed by atoms with Gasteiger partial charge in [0, 0.05) is 18.5 Å². The Hall–Kier alpha value is -0.570. The summed E-state index contributed by atoms with van der Waals surface area (Å²) in [5.41, 5.74) is 0.0255. The van der Waals surface area contributed by atoms with Gasteiger partial charge in [0.25, 0.3) is 0 Å². The van der Waals surface area contributed by atoms with Gasteiger partial charge >= 0.3 is 0 Å². The van der Waals surface area contributed by atoms with E-state index in [0.717, 1.165) is 37.8 Å². The number of carbonyl (C=O) groups excluding carboxylic acids is 1. The molecule has 3 rings (SSSR count). The summed E-state index contributed by atoms with van der Waals surface area (Å²) in [6.45, 7) is 6.46. The van der Waals surface area contributed by atoms with Crippen molar-refractivity contribution in [2.24, 2.45) is 17.3 Å². The molecule has 2 heterocycles. The third kappa shape index (κ3) is 1.75. The molecule has 1 N–H and O–H groups in total. The highest BCUT2D eigenvalue weighted by atomic mass is 16.2. The molecule has 0 radical (unpaired) electrons. The summed E-state index contributed by atoms with van der Waals surface area (Å²) in [4.78, 5) is 14.4. The van der Waals surface area contributed by atoms with Crippen LogP contribution in [0.2, 0.25) is 0 Å². The Morgan fingerprint density at radius 3 is 2.25 bits per heavy atom. The van der Waals surface area contributed by atoms with Crippen molar-refractivity contribution in [3.8, 4) is 0 Å².